The Morgan fingerprint density at radius 2 is 1.14 bits per heavy atom. The van der Waals surface area contributed by atoms with Crippen molar-refractivity contribution in [3.8, 4) is 44.0 Å². The first kappa shape index (κ1) is 25.4. The summed E-state index contributed by atoms with van der Waals surface area (Å²) in [6.07, 6.45) is 0. The van der Waals surface area contributed by atoms with Crippen LogP contribution in [0.5, 0.6) is 0 Å². The fraction of sp³-hybridized carbons (Fsp3) is 0.0714. The fourth-order valence-corrected chi connectivity index (χ4v) is 8.42. The largest absolute Gasteiger partial charge is 0.236 e. The molecule has 0 aliphatic heterocycles. The summed E-state index contributed by atoms with van der Waals surface area (Å²) in [7, 11) is 0. The van der Waals surface area contributed by atoms with Crippen LogP contribution in [0.25, 0.3) is 75.7 Å². The lowest BCUT2D eigenvalue weighted by Gasteiger charge is -2.22. The maximum Gasteiger partial charge on any atom is 0.125 e. The second-order valence-corrected chi connectivity index (χ2v) is 13.4. The molecule has 0 saturated heterocycles. The lowest BCUT2D eigenvalue weighted by Crippen LogP contribution is -2.14. The number of aromatic nitrogens is 1. The topological polar surface area (TPSA) is 12.9 Å². The highest BCUT2D eigenvalue weighted by Crippen LogP contribution is 2.51. The summed E-state index contributed by atoms with van der Waals surface area (Å²) in [6.45, 7) is 4.70. The van der Waals surface area contributed by atoms with Crippen molar-refractivity contribution < 1.29 is 0 Å². The molecule has 0 fully saturated rings. The molecule has 0 spiro atoms. The number of hydrogen-bond acceptors (Lipinski definition) is 2. The van der Waals surface area contributed by atoms with Crippen LogP contribution in [0.1, 0.15) is 25.0 Å². The van der Waals surface area contributed by atoms with Gasteiger partial charge in [0.25, 0.3) is 0 Å². The summed E-state index contributed by atoms with van der Waals surface area (Å²) in [5.41, 5.74) is 12.7. The van der Waals surface area contributed by atoms with E-state index in [9.17, 15) is 0 Å². The summed E-state index contributed by atoms with van der Waals surface area (Å²) >= 11 is 1.78. The molecule has 0 atom stereocenters. The van der Waals surface area contributed by atoms with E-state index in [1.807, 2.05) is 0 Å². The molecule has 0 radical (unpaired) electrons. The van der Waals surface area contributed by atoms with Gasteiger partial charge in [-0.3, -0.25) is 0 Å². The van der Waals surface area contributed by atoms with Gasteiger partial charge in [0.1, 0.15) is 5.01 Å². The molecule has 7 aromatic carbocycles. The van der Waals surface area contributed by atoms with Crippen molar-refractivity contribution in [2.75, 3.05) is 0 Å². The number of benzene rings is 7. The zero-order chi connectivity index (χ0) is 29.4. The Bertz CT molecular complexity index is 2380. The van der Waals surface area contributed by atoms with Crippen molar-refractivity contribution in [2.45, 2.75) is 19.3 Å². The van der Waals surface area contributed by atoms with Gasteiger partial charge in [0.05, 0.1) is 10.2 Å². The Balaban J connectivity index is 1.40. The first-order valence-electron chi connectivity index (χ1n) is 15.2. The van der Waals surface area contributed by atoms with Crippen LogP contribution in [-0.4, -0.2) is 4.98 Å². The summed E-state index contributed by atoms with van der Waals surface area (Å²) < 4.78 is 1.21. The third-order valence-corrected chi connectivity index (χ3v) is 10.6. The normalized spacial score (nSPS) is 13.4. The highest BCUT2D eigenvalue weighted by atomic mass is 32.1. The molecule has 1 aliphatic carbocycles. The van der Waals surface area contributed by atoms with Crippen molar-refractivity contribution >= 4 is 43.1 Å². The molecule has 1 aliphatic rings. The van der Waals surface area contributed by atoms with Crippen LogP contribution < -0.4 is 0 Å². The first-order valence-corrected chi connectivity index (χ1v) is 16.0. The molecule has 0 saturated carbocycles. The Labute approximate surface area is 261 Å². The van der Waals surface area contributed by atoms with Crippen molar-refractivity contribution in [1.29, 1.82) is 0 Å². The van der Waals surface area contributed by atoms with Crippen LogP contribution in [0.4, 0.5) is 0 Å². The van der Waals surface area contributed by atoms with Crippen molar-refractivity contribution in [1.82, 2.24) is 4.98 Å². The highest BCUT2D eigenvalue weighted by molar-refractivity contribution is 7.21. The van der Waals surface area contributed by atoms with Crippen LogP contribution in [-0.2, 0) is 5.41 Å². The molecule has 1 heterocycles. The number of fused-ring (bicyclic) bond motifs is 6. The predicted molar refractivity (Wildman–Crippen MR) is 189 cm³/mol. The monoisotopic (exact) mass is 579 g/mol. The van der Waals surface area contributed by atoms with Crippen LogP contribution >= 0.6 is 11.3 Å². The lowest BCUT2D eigenvalue weighted by molar-refractivity contribution is 0.660. The van der Waals surface area contributed by atoms with E-state index in [-0.39, 0.29) is 5.41 Å². The summed E-state index contributed by atoms with van der Waals surface area (Å²) in [4.78, 5) is 5.17. The van der Waals surface area contributed by atoms with E-state index < -0.39 is 0 Å². The molecule has 0 N–H and O–H groups in total. The second-order valence-electron chi connectivity index (χ2n) is 12.3. The second kappa shape index (κ2) is 9.47. The molecular formula is C42H29NS. The van der Waals surface area contributed by atoms with Gasteiger partial charge in [-0.1, -0.05) is 129 Å². The molecule has 8 aromatic rings. The van der Waals surface area contributed by atoms with E-state index in [0.717, 1.165) is 10.5 Å². The molecule has 1 aromatic heterocycles. The Hall–Kier alpha value is -5.05. The Morgan fingerprint density at radius 1 is 0.477 bits per heavy atom. The molecule has 2 heteroatoms. The predicted octanol–water partition coefficient (Wildman–Crippen LogP) is 11.9. The minimum absolute atomic E-state index is 0.0220. The molecule has 1 nitrogen and oxygen atoms in total. The quantitative estimate of drug-likeness (QED) is 0.190. The van der Waals surface area contributed by atoms with Gasteiger partial charge in [-0.05, 0) is 90.3 Å². The first-order chi connectivity index (χ1) is 21.6. The Kier molecular flexibility index (Phi) is 5.48. The molecule has 9 rings (SSSR count). The number of rotatable bonds is 3. The summed E-state index contributed by atoms with van der Waals surface area (Å²) in [6, 6.07) is 51.1. The van der Waals surface area contributed by atoms with Gasteiger partial charge < -0.3 is 0 Å². The van der Waals surface area contributed by atoms with E-state index >= 15 is 0 Å². The van der Waals surface area contributed by atoms with E-state index in [4.69, 9.17) is 4.98 Å². The molecule has 44 heavy (non-hydrogen) atoms. The van der Waals surface area contributed by atoms with Gasteiger partial charge in [0.15, 0.2) is 0 Å². The van der Waals surface area contributed by atoms with E-state index in [0.29, 0.717) is 0 Å². The van der Waals surface area contributed by atoms with Gasteiger partial charge in [0.2, 0.25) is 0 Å². The van der Waals surface area contributed by atoms with Crippen molar-refractivity contribution in [2.24, 2.45) is 0 Å². The molecular weight excluding hydrogens is 551 g/mol. The van der Waals surface area contributed by atoms with Crippen LogP contribution in [0.2, 0.25) is 0 Å². The maximum atomic E-state index is 5.17. The number of thiazole rings is 1. The van der Waals surface area contributed by atoms with Crippen LogP contribution in [0, 0.1) is 0 Å². The zero-order valence-electron chi connectivity index (χ0n) is 24.6. The van der Waals surface area contributed by atoms with Crippen molar-refractivity contribution in [3.63, 3.8) is 0 Å². The molecule has 208 valence electrons. The molecule has 0 amide bonds. The minimum Gasteiger partial charge on any atom is -0.236 e. The SMILES string of the molecule is CC1(C)c2ccccc2-c2cc(-c3c4ccccc4c(-c4nc5ccccc5s4)c4ccc(-c5ccccc5)cc34)ccc21. The van der Waals surface area contributed by atoms with E-state index in [2.05, 4.69) is 153 Å². The van der Waals surface area contributed by atoms with Gasteiger partial charge in [-0.15, -0.1) is 11.3 Å². The average molecular weight is 580 g/mol. The number of hydrogen-bond donors (Lipinski definition) is 0. The average Bonchev–Trinajstić information content (AvgIpc) is 3.60. The fourth-order valence-electron chi connectivity index (χ4n) is 7.38. The lowest BCUT2D eigenvalue weighted by atomic mass is 9.81. The van der Waals surface area contributed by atoms with Crippen LogP contribution in [0.15, 0.2) is 140 Å². The van der Waals surface area contributed by atoms with Gasteiger partial charge in [-0.25, -0.2) is 4.98 Å². The number of para-hydroxylation sites is 1. The maximum absolute atomic E-state index is 5.17. The van der Waals surface area contributed by atoms with Crippen LogP contribution in [0.3, 0.4) is 0 Å². The van der Waals surface area contributed by atoms with Crippen molar-refractivity contribution in [3.05, 3.63) is 151 Å². The van der Waals surface area contributed by atoms with Gasteiger partial charge in [0, 0.05) is 11.0 Å². The van der Waals surface area contributed by atoms with E-state index in [1.54, 1.807) is 11.3 Å². The third-order valence-electron chi connectivity index (χ3n) is 9.51. The molecule has 0 bridgehead atoms. The smallest absolute Gasteiger partial charge is 0.125 e. The van der Waals surface area contributed by atoms with Gasteiger partial charge in [-0.2, -0.15) is 0 Å². The summed E-state index contributed by atoms with van der Waals surface area (Å²) in [5.74, 6) is 0. The third kappa shape index (κ3) is 3.68. The minimum atomic E-state index is -0.0220. The van der Waals surface area contributed by atoms with E-state index in [1.165, 1.54) is 76.3 Å². The zero-order valence-corrected chi connectivity index (χ0v) is 25.5. The Morgan fingerprint density at radius 3 is 1.98 bits per heavy atom. The standard InChI is InChI=1S/C42H29NS/c1-42(2)35-17-9-8-14-29(35)33-25-28(21-23-36(33)42)39-30-15-6-7-16-31(30)40(41-43-37-18-10-11-19-38(37)44-41)32-22-20-27(24-34(32)39)26-12-4-3-5-13-26/h3-25H,1-2H3. The van der Waals surface area contributed by atoms with Gasteiger partial charge >= 0.3 is 0 Å². The summed E-state index contributed by atoms with van der Waals surface area (Å²) in [5, 5.41) is 6.05. The molecule has 0 unspecified atom stereocenters. The number of nitrogens with zero attached hydrogens (tertiary/aromatic N) is 1. The highest BCUT2D eigenvalue weighted by Gasteiger charge is 2.35.